The third-order valence-electron chi connectivity index (χ3n) is 2.43. The van der Waals surface area contributed by atoms with Crippen molar-refractivity contribution in [3.63, 3.8) is 0 Å². The Labute approximate surface area is 107 Å². The van der Waals surface area contributed by atoms with Crippen LogP contribution in [0.5, 0.6) is 6.01 Å². The first-order chi connectivity index (χ1) is 8.90. The number of hydrogen-bond donors (Lipinski definition) is 1. The largest absolute Gasteiger partial charge is 0.461 e. The minimum atomic E-state index is 0.414. The van der Waals surface area contributed by atoms with Crippen LogP contribution in [0.25, 0.3) is 5.69 Å². The van der Waals surface area contributed by atoms with Crippen LogP contribution < -0.4 is 10.1 Å². The first-order valence-corrected chi connectivity index (χ1v) is 6.20. The van der Waals surface area contributed by atoms with Crippen molar-refractivity contribution in [2.75, 3.05) is 19.7 Å². The zero-order valence-electron chi connectivity index (χ0n) is 10.5. The standard InChI is InChI=1S/C13H18N4O/c1-2-8-14-9-10-18-13-15-11-17(16-13)12-6-4-3-5-7-12/h3-7,11,14H,2,8-10H2,1H3. The van der Waals surface area contributed by atoms with Gasteiger partial charge in [0.2, 0.25) is 0 Å². The van der Waals surface area contributed by atoms with Crippen molar-refractivity contribution in [2.45, 2.75) is 13.3 Å². The van der Waals surface area contributed by atoms with Gasteiger partial charge in [-0.25, -0.2) is 4.68 Å². The van der Waals surface area contributed by atoms with E-state index in [-0.39, 0.29) is 0 Å². The van der Waals surface area contributed by atoms with Crippen LogP contribution in [0, 0.1) is 0 Å². The molecule has 0 saturated heterocycles. The van der Waals surface area contributed by atoms with Crippen molar-refractivity contribution in [1.82, 2.24) is 20.1 Å². The van der Waals surface area contributed by atoms with E-state index in [0.717, 1.165) is 25.2 Å². The van der Waals surface area contributed by atoms with Gasteiger partial charge in [-0.2, -0.15) is 4.98 Å². The molecule has 0 fully saturated rings. The lowest BCUT2D eigenvalue weighted by Crippen LogP contribution is -2.21. The maximum atomic E-state index is 5.45. The molecular weight excluding hydrogens is 228 g/mol. The molecule has 0 aliphatic rings. The van der Waals surface area contributed by atoms with E-state index in [2.05, 4.69) is 22.3 Å². The van der Waals surface area contributed by atoms with Gasteiger partial charge in [-0.15, -0.1) is 5.10 Å². The van der Waals surface area contributed by atoms with Gasteiger partial charge in [0.25, 0.3) is 0 Å². The smallest absolute Gasteiger partial charge is 0.335 e. The Bertz CT molecular complexity index is 455. The maximum Gasteiger partial charge on any atom is 0.335 e. The highest BCUT2D eigenvalue weighted by molar-refractivity contribution is 5.29. The van der Waals surface area contributed by atoms with Crippen LogP contribution in [0.2, 0.25) is 0 Å². The van der Waals surface area contributed by atoms with Gasteiger partial charge < -0.3 is 10.1 Å². The normalized spacial score (nSPS) is 10.5. The molecule has 96 valence electrons. The van der Waals surface area contributed by atoms with Gasteiger partial charge in [0.1, 0.15) is 12.9 Å². The van der Waals surface area contributed by atoms with E-state index in [1.54, 1.807) is 11.0 Å². The highest BCUT2D eigenvalue weighted by Crippen LogP contribution is 2.07. The van der Waals surface area contributed by atoms with Crippen LogP contribution in [0.4, 0.5) is 0 Å². The molecule has 1 N–H and O–H groups in total. The lowest BCUT2D eigenvalue weighted by Gasteiger charge is -2.02. The highest BCUT2D eigenvalue weighted by atomic mass is 16.5. The molecule has 0 aliphatic carbocycles. The Kier molecular flexibility index (Phi) is 4.72. The molecule has 0 amide bonds. The second-order valence-electron chi connectivity index (χ2n) is 3.91. The second-order valence-corrected chi connectivity index (χ2v) is 3.91. The molecule has 0 radical (unpaired) electrons. The Morgan fingerprint density at radius 3 is 2.83 bits per heavy atom. The Morgan fingerprint density at radius 1 is 1.22 bits per heavy atom. The van der Waals surface area contributed by atoms with E-state index in [0.29, 0.717) is 12.6 Å². The van der Waals surface area contributed by atoms with Crippen LogP contribution in [0.3, 0.4) is 0 Å². The van der Waals surface area contributed by atoms with Gasteiger partial charge in [-0.3, -0.25) is 0 Å². The number of nitrogens with zero attached hydrogens (tertiary/aromatic N) is 3. The van der Waals surface area contributed by atoms with Crippen molar-refractivity contribution in [3.05, 3.63) is 36.7 Å². The summed E-state index contributed by atoms with van der Waals surface area (Å²) in [7, 11) is 0. The molecule has 5 heteroatoms. The van der Waals surface area contributed by atoms with E-state index >= 15 is 0 Å². The van der Waals surface area contributed by atoms with E-state index in [4.69, 9.17) is 4.74 Å². The Hall–Kier alpha value is -1.88. The fourth-order valence-corrected chi connectivity index (χ4v) is 1.54. The van der Waals surface area contributed by atoms with E-state index in [1.165, 1.54) is 0 Å². The summed E-state index contributed by atoms with van der Waals surface area (Å²) in [5.74, 6) is 0. The van der Waals surface area contributed by atoms with Crippen molar-refractivity contribution < 1.29 is 4.74 Å². The number of para-hydroxylation sites is 1. The number of rotatable bonds is 7. The molecule has 0 unspecified atom stereocenters. The van der Waals surface area contributed by atoms with Gasteiger partial charge in [0, 0.05) is 6.54 Å². The first-order valence-electron chi connectivity index (χ1n) is 6.20. The molecule has 0 bridgehead atoms. The SMILES string of the molecule is CCCNCCOc1ncn(-c2ccccc2)n1. The number of benzene rings is 1. The van der Waals surface area contributed by atoms with Gasteiger partial charge in [-0.05, 0) is 25.1 Å². The van der Waals surface area contributed by atoms with Crippen LogP contribution in [0.15, 0.2) is 36.7 Å². The van der Waals surface area contributed by atoms with Crippen LogP contribution in [0.1, 0.15) is 13.3 Å². The third-order valence-corrected chi connectivity index (χ3v) is 2.43. The molecule has 2 aromatic rings. The average molecular weight is 246 g/mol. The van der Waals surface area contributed by atoms with Gasteiger partial charge in [0.05, 0.1) is 5.69 Å². The number of nitrogens with one attached hydrogen (secondary N) is 1. The summed E-state index contributed by atoms with van der Waals surface area (Å²) in [5, 5.41) is 7.51. The van der Waals surface area contributed by atoms with Crippen LogP contribution in [-0.4, -0.2) is 34.5 Å². The fourth-order valence-electron chi connectivity index (χ4n) is 1.54. The summed E-state index contributed by atoms with van der Waals surface area (Å²) in [6.45, 7) is 4.54. The quantitative estimate of drug-likeness (QED) is 0.755. The number of hydrogen-bond acceptors (Lipinski definition) is 4. The fraction of sp³-hybridized carbons (Fsp3) is 0.385. The lowest BCUT2D eigenvalue weighted by molar-refractivity contribution is 0.290. The summed E-state index contributed by atoms with van der Waals surface area (Å²) < 4.78 is 7.15. The lowest BCUT2D eigenvalue weighted by atomic mass is 10.3. The molecule has 18 heavy (non-hydrogen) atoms. The summed E-state index contributed by atoms with van der Waals surface area (Å²) in [6.07, 6.45) is 2.78. The molecule has 1 heterocycles. The Morgan fingerprint density at radius 2 is 2.06 bits per heavy atom. The van der Waals surface area contributed by atoms with Crippen molar-refractivity contribution >= 4 is 0 Å². The predicted octanol–water partition coefficient (Wildman–Crippen LogP) is 1.65. The van der Waals surface area contributed by atoms with E-state index in [1.807, 2.05) is 30.3 Å². The van der Waals surface area contributed by atoms with Gasteiger partial charge >= 0.3 is 6.01 Å². The highest BCUT2D eigenvalue weighted by Gasteiger charge is 2.02. The van der Waals surface area contributed by atoms with E-state index in [9.17, 15) is 0 Å². The summed E-state index contributed by atoms with van der Waals surface area (Å²) >= 11 is 0. The molecule has 2 rings (SSSR count). The molecule has 0 aliphatic heterocycles. The molecule has 0 saturated carbocycles. The average Bonchev–Trinajstić information content (AvgIpc) is 2.88. The minimum Gasteiger partial charge on any atom is -0.461 e. The molecule has 1 aromatic heterocycles. The van der Waals surface area contributed by atoms with Crippen LogP contribution in [-0.2, 0) is 0 Å². The first kappa shape index (κ1) is 12.6. The van der Waals surface area contributed by atoms with Crippen molar-refractivity contribution in [3.8, 4) is 11.7 Å². The second kappa shape index (κ2) is 6.76. The molecule has 0 atom stereocenters. The van der Waals surface area contributed by atoms with Crippen LogP contribution >= 0.6 is 0 Å². The van der Waals surface area contributed by atoms with E-state index < -0.39 is 0 Å². The monoisotopic (exact) mass is 246 g/mol. The molecule has 5 nitrogen and oxygen atoms in total. The third kappa shape index (κ3) is 3.56. The summed E-state index contributed by atoms with van der Waals surface area (Å²) in [6, 6.07) is 10.3. The zero-order chi connectivity index (χ0) is 12.6. The topological polar surface area (TPSA) is 52.0 Å². The molecule has 1 aromatic carbocycles. The predicted molar refractivity (Wildman–Crippen MR) is 70.0 cm³/mol. The Balaban J connectivity index is 1.83. The van der Waals surface area contributed by atoms with Gasteiger partial charge in [0.15, 0.2) is 0 Å². The summed E-state index contributed by atoms with van der Waals surface area (Å²) in [4.78, 5) is 4.11. The zero-order valence-corrected chi connectivity index (χ0v) is 10.5. The molecular formula is C13H18N4O. The number of ether oxygens (including phenoxy) is 1. The minimum absolute atomic E-state index is 0.414. The van der Waals surface area contributed by atoms with Gasteiger partial charge in [-0.1, -0.05) is 25.1 Å². The van der Waals surface area contributed by atoms with Crippen molar-refractivity contribution in [2.24, 2.45) is 0 Å². The number of aromatic nitrogens is 3. The molecule has 0 spiro atoms. The maximum absolute atomic E-state index is 5.45. The van der Waals surface area contributed by atoms with Crippen molar-refractivity contribution in [1.29, 1.82) is 0 Å². The summed E-state index contributed by atoms with van der Waals surface area (Å²) in [5.41, 5.74) is 0.976.